The summed E-state index contributed by atoms with van der Waals surface area (Å²) < 4.78 is 6.80. The van der Waals surface area contributed by atoms with Gasteiger partial charge in [0, 0.05) is 5.56 Å². The number of hydrogen-bond acceptors (Lipinski definition) is 6. The number of benzene rings is 1. The second-order valence-electron chi connectivity index (χ2n) is 4.36. The van der Waals surface area contributed by atoms with Gasteiger partial charge in [-0.15, -0.1) is 10.2 Å². The predicted molar refractivity (Wildman–Crippen MR) is 78.2 cm³/mol. The lowest BCUT2D eigenvalue weighted by Gasteiger charge is -1.99. The minimum atomic E-state index is 0.755. The number of aromatic amines is 1. The van der Waals surface area contributed by atoms with Crippen molar-refractivity contribution in [3.8, 4) is 27.7 Å². The minimum absolute atomic E-state index is 0.755. The summed E-state index contributed by atoms with van der Waals surface area (Å²) in [4.78, 5) is 0.755. The summed E-state index contributed by atoms with van der Waals surface area (Å²) in [5.74, 6) is 0.822. The number of hydrogen-bond donors (Lipinski definition) is 1. The van der Waals surface area contributed by atoms with E-state index in [2.05, 4.69) is 25.5 Å². The molecule has 3 aromatic heterocycles. The second-order valence-corrected chi connectivity index (χ2v) is 5.32. The van der Waals surface area contributed by atoms with Gasteiger partial charge in [0.05, 0.1) is 18.5 Å². The number of aromatic nitrogens is 6. The van der Waals surface area contributed by atoms with Crippen molar-refractivity contribution in [3.63, 3.8) is 0 Å². The van der Waals surface area contributed by atoms with Gasteiger partial charge in [-0.05, 0) is 30.3 Å². The van der Waals surface area contributed by atoms with E-state index in [1.54, 1.807) is 18.0 Å². The Hall–Kier alpha value is -2.74. The fourth-order valence-electron chi connectivity index (χ4n) is 2.01. The SMILES string of the molecule is COc1ccc(-c2cc(-c3nn4cnnc4s3)[nH]n2)cc1. The molecule has 0 radical (unpaired) electrons. The Balaban J connectivity index is 1.69. The van der Waals surface area contributed by atoms with E-state index in [1.165, 1.54) is 11.3 Å². The van der Waals surface area contributed by atoms with Gasteiger partial charge in [-0.25, -0.2) is 0 Å². The second kappa shape index (κ2) is 4.67. The van der Waals surface area contributed by atoms with Crippen molar-refractivity contribution < 1.29 is 4.74 Å². The van der Waals surface area contributed by atoms with Gasteiger partial charge in [0.15, 0.2) is 5.01 Å². The van der Waals surface area contributed by atoms with E-state index < -0.39 is 0 Å². The Bertz CT molecular complexity index is 862. The Morgan fingerprint density at radius 3 is 2.86 bits per heavy atom. The third kappa shape index (κ3) is 2.05. The molecule has 0 aliphatic rings. The number of nitrogens with zero attached hydrogens (tertiary/aromatic N) is 5. The fourth-order valence-corrected chi connectivity index (χ4v) is 2.80. The van der Waals surface area contributed by atoms with Crippen LogP contribution in [0.2, 0.25) is 0 Å². The molecule has 0 aliphatic heterocycles. The van der Waals surface area contributed by atoms with Crippen LogP contribution in [0.5, 0.6) is 5.75 Å². The van der Waals surface area contributed by atoms with Crippen molar-refractivity contribution in [1.82, 2.24) is 30.0 Å². The molecular formula is C13H10N6OS. The van der Waals surface area contributed by atoms with Crippen LogP contribution in [0.25, 0.3) is 26.9 Å². The molecule has 4 aromatic rings. The largest absolute Gasteiger partial charge is 0.497 e. The van der Waals surface area contributed by atoms with E-state index in [9.17, 15) is 0 Å². The van der Waals surface area contributed by atoms with Crippen LogP contribution in [0.15, 0.2) is 36.7 Å². The first-order chi connectivity index (χ1) is 10.3. The average molecular weight is 298 g/mol. The Morgan fingerprint density at radius 1 is 1.24 bits per heavy atom. The maximum atomic E-state index is 5.15. The highest BCUT2D eigenvalue weighted by Gasteiger charge is 2.11. The maximum absolute atomic E-state index is 5.15. The molecule has 1 N–H and O–H groups in total. The first-order valence-electron chi connectivity index (χ1n) is 6.20. The fraction of sp³-hybridized carbons (Fsp3) is 0.0769. The molecule has 0 atom stereocenters. The Morgan fingerprint density at radius 2 is 2.10 bits per heavy atom. The van der Waals surface area contributed by atoms with E-state index in [-0.39, 0.29) is 0 Å². The zero-order valence-corrected chi connectivity index (χ0v) is 11.8. The van der Waals surface area contributed by atoms with E-state index >= 15 is 0 Å². The van der Waals surface area contributed by atoms with Gasteiger partial charge in [-0.3, -0.25) is 5.10 Å². The zero-order valence-electron chi connectivity index (χ0n) is 11.0. The summed E-state index contributed by atoms with van der Waals surface area (Å²) >= 11 is 1.46. The normalized spacial score (nSPS) is 11.1. The molecule has 4 rings (SSSR count). The number of H-pyrrole nitrogens is 1. The van der Waals surface area contributed by atoms with Crippen molar-refractivity contribution in [2.75, 3.05) is 7.11 Å². The van der Waals surface area contributed by atoms with Crippen LogP contribution in [0.4, 0.5) is 0 Å². The Labute approximate surface area is 123 Å². The van der Waals surface area contributed by atoms with Gasteiger partial charge < -0.3 is 4.74 Å². The molecule has 0 bridgehead atoms. The quantitative estimate of drug-likeness (QED) is 0.627. The van der Waals surface area contributed by atoms with E-state index in [0.717, 1.165) is 32.7 Å². The summed E-state index contributed by atoms with van der Waals surface area (Å²) in [6.07, 6.45) is 1.58. The van der Waals surface area contributed by atoms with E-state index in [4.69, 9.17) is 4.74 Å². The molecule has 21 heavy (non-hydrogen) atoms. The topological polar surface area (TPSA) is 81.0 Å². The van der Waals surface area contributed by atoms with Crippen LogP contribution in [-0.2, 0) is 0 Å². The summed E-state index contributed by atoms with van der Waals surface area (Å²) in [5.41, 5.74) is 2.73. The van der Waals surface area contributed by atoms with E-state index in [1.807, 2.05) is 30.3 Å². The lowest BCUT2D eigenvalue weighted by Crippen LogP contribution is -1.82. The lowest BCUT2D eigenvalue weighted by molar-refractivity contribution is 0.415. The molecule has 0 saturated carbocycles. The highest BCUT2D eigenvalue weighted by Crippen LogP contribution is 2.27. The standard InChI is InChI=1S/C13H10N6OS/c1-20-9-4-2-8(3-5-9)10-6-11(16-15-10)12-18-19-7-14-17-13(19)21-12/h2-7H,1H3,(H,15,16). The molecule has 8 heteroatoms. The van der Waals surface area contributed by atoms with Crippen molar-refractivity contribution >= 4 is 16.3 Å². The van der Waals surface area contributed by atoms with Crippen molar-refractivity contribution in [2.24, 2.45) is 0 Å². The van der Waals surface area contributed by atoms with Gasteiger partial charge in [0.2, 0.25) is 4.96 Å². The molecule has 0 amide bonds. The molecular weight excluding hydrogens is 288 g/mol. The monoisotopic (exact) mass is 298 g/mol. The molecule has 0 spiro atoms. The Kier molecular flexibility index (Phi) is 2.68. The molecule has 1 aromatic carbocycles. The number of fused-ring (bicyclic) bond motifs is 1. The van der Waals surface area contributed by atoms with Crippen molar-refractivity contribution in [1.29, 1.82) is 0 Å². The van der Waals surface area contributed by atoms with Gasteiger partial charge >= 0.3 is 0 Å². The lowest BCUT2D eigenvalue weighted by atomic mass is 10.1. The first kappa shape index (κ1) is 12.0. The van der Waals surface area contributed by atoms with Gasteiger partial charge in [0.25, 0.3) is 0 Å². The minimum Gasteiger partial charge on any atom is -0.497 e. The summed E-state index contributed by atoms with van der Waals surface area (Å²) in [6, 6.07) is 9.72. The third-order valence-electron chi connectivity index (χ3n) is 3.08. The van der Waals surface area contributed by atoms with E-state index in [0.29, 0.717) is 0 Å². The molecule has 0 aliphatic carbocycles. The molecule has 0 unspecified atom stereocenters. The number of ether oxygens (including phenoxy) is 1. The van der Waals surface area contributed by atoms with Crippen LogP contribution in [0.1, 0.15) is 0 Å². The third-order valence-corrected chi connectivity index (χ3v) is 4.03. The summed E-state index contributed by atoms with van der Waals surface area (Å²) in [5, 5.41) is 20.3. The highest BCUT2D eigenvalue weighted by molar-refractivity contribution is 7.19. The van der Waals surface area contributed by atoms with Gasteiger partial charge in [-0.2, -0.15) is 14.7 Å². The highest BCUT2D eigenvalue weighted by atomic mass is 32.1. The first-order valence-corrected chi connectivity index (χ1v) is 7.02. The van der Waals surface area contributed by atoms with Gasteiger partial charge in [0.1, 0.15) is 12.1 Å². The van der Waals surface area contributed by atoms with Crippen LogP contribution >= 0.6 is 11.3 Å². The zero-order chi connectivity index (χ0) is 14.2. The van der Waals surface area contributed by atoms with Gasteiger partial charge in [-0.1, -0.05) is 11.3 Å². The molecule has 3 heterocycles. The molecule has 7 nitrogen and oxygen atoms in total. The molecule has 104 valence electrons. The summed E-state index contributed by atoms with van der Waals surface area (Å²) in [7, 11) is 1.65. The van der Waals surface area contributed by atoms with Crippen molar-refractivity contribution in [3.05, 3.63) is 36.7 Å². The van der Waals surface area contributed by atoms with Crippen LogP contribution in [0, 0.1) is 0 Å². The molecule has 0 saturated heterocycles. The van der Waals surface area contributed by atoms with Crippen molar-refractivity contribution in [2.45, 2.75) is 0 Å². The predicted octanol–water partition coefficient (Wildman–Crippen LogP) is 2.25. The van der Waals surface area contributed by atoms with Crippen LogP contribution in [0.3, 0.4) is 0 Å². The smallest absolute Gasteiger partial charge is 0.234 e. The number of methoxy groups -OCH3 is 1. The number of rotatable bonds is 3. The van der Waals surface area contributed by atoms with Crippen LogP contribution in [-0.4, -0.2) is 37.1 Å². The summed E-state index contributed by atoms with van der Waals surface area (Å²) in [6.45, 7) is 0. The average Bonchev–Trinajstić information content (AvgIpc) is 3.22. The maximum Gasteiger partial charge on any atom is 0.234 e. The molecule has 0 fully saturated rings. The number of nitrogens with one attached hydrogen (secondary N) is 1. The van der Waals surface area contributed by atoms with Crippen LogP contribution < -0.4 is 4.74 Å².